The molecule has 0 bridgehead atoms. The van der Waals surface area contributed by atoms with E-state index in [1.54, 1.807) is 4.90 Å². The molecule has 9 nitrogen and oxygen atoms in total. The Morgan fingerprint density at radius 1 is 1.12 bits per heavy atom. The zero-order chi connectivity index (χ0) is 28.9. The summed E-state index contributed by atoms with van der Waals surface area (Å²) in [5, 5.41) is 16.6. The van der Waals surface area contributed by atoms with Crippen LogP contribution in [0.2, 0.25) is 0 Å². The first-order valence-corrected chi connectivity index (χ1v) is 14.0. The lowest BCUT2D eigenvalue weighted by atomic mass is 9.64. The number of benzene rings is 2. The molecule has 2 aromatic rings. The number of carbonyl (C=O) groups is 3. The number of hydrogen-bond acceptors (Lipinski definition) is 6. The lowest BCUT2D eigenvalue weighted by molar-refractivity contribution is -0.130. The second-order valence-electron chi connectivity index (χ2n) is 12.0. The second-order valence-corrected chi connectivity index (χ2v) is 12.0. The van der Waals surface area contributed by atoms with E-state index in [4.69, 9.17) is 10.5 Å². The van der Waals surface area contributed by atoms with Gasteiger partial charge in [-0.3, -0.25) is 9.59 Å². The third kappa shape index (κ3) is 6.64. The Bertz CT molecular complexity index is 1200. The number of para-hydroxylation sites is 1. The molecule has 3 atom stereocenters. The van der Waals surface area contributed by atoms with E-state index in [0.29, 0.717) is 19.4 Å². The number of fused-ring (bicyclic) bond motifs is 1. The van der Waals surface area contributed by atoms with Crippen LogP contribution in [-0.4, -0.2) is 61.4 Å². The summed E-state index contributed by atoms with van der Waals surface area (Å²) < 4.78 is 4.75. The van der Waals surface area contributed by atoms with Gasteiger partial charge in [0.25, 0.3) is 0 Å². The minimum atomic E-state index is -0.949. The monoisotopic (exact) mass is 550 g/mol. The van der Waals surface area contributed by atoms with Crippen molar-refractivity contribution in [2.45, 2.75) is 76.0 Å². The highest BCUT2D eigenvalue weighted by molar-refractivity contribution is 5.95. The molecule has 9 heteroatoms. The highest BCUT2D eigenvalue weighted by Crippen LogP contribution is 2.44. The van der Waals surface area contributed by atoms with Crippen LogP contribution >= 0.6 is 0 Å². The van der Waals surface area contributed by atoms with Crippen molar-refractivity contribution in [3.8, 4) is 0 Å². The van der Waals surface area contributed by atoms with Gasteiger partial charge in [0.2, 0.25) is 11.8 Å². The Hall–Kier alpha value is -3.43. The zero-order valence-electron chi connectivity index (χ0n) is 23.7. The molecule has 1 saturated carbocycles. The number of hydrogen-bond donors (Lipinski definition) is 4. The van der Waals surface area contributed by atoms with Crippen molar-refractivity contribution >= 4 is 23.6 Å². The SMILES string of the molecule is COC(=O)NC1Cc2ccccc2N(C(=O)CC(C)(C)C[C@H](N)[C@@H](O)CNC(=O)C2(c3ccccc3)CCC2)C1. The van der Waals surface area contributed by atoms with Crippen molar-refractivity contribution in [2.24, 2.45) is 11.1 Å². The van der Waals surface area contributed by atoms with Crippen molar-refractivity contribution in [1.29, 1.82) is 0 Å². The molecule has 0 aromatic heterocycles. The quantitative estimate of drug-likeness (QED) is 0.359. The molecule has 0 spiro atoms. The number of nitrogens with one attached hydrogen (secondary N) is 2. The van der Waals surface area contributed by atoms with Gasteiger partial charge < -0.3 is 31.1 Å². The highest BCUT2D eigenvalue weighted by atomic mass is 16.5. The number of aliphatic hydroxyl groups excluding tert-OH is 1. The molecular weight excluding hydrogens is 508 g/mol. The van der Waals surface area contributed by atoms with Gasteiger partial charge in [-0.2, -0.15) is 0 Å². The van der Waals surface area contributed by atoms with Gasteiger partial charge in [0, 0.05) is 31.2 Å². The number of aliphatic hydroxyl groups is 1. The minimum Gasteiger partial charge on any atom is -0.453 e. The van der Waals surface area contributed by atoms with Crippen LogP contribution in [0.25, 0.3) is 0 Å². The van der Waals surface area contributed by atoms with Crippen LogP contribution < -0.4 is 21.3 Å². The smallest absolute Gasteiger partial charge is 0.407 e. The first-order chi connectivity index (χ1) is 19.0. The molecule has 0 saturated heterocycles. The molecule has 2 aromatic carbocycles. The van der Waals surface area contributed by atoms with Crippen LogP contribution in [-0.2, 0) is 26.2 Å². The van der Waals surface area contributed by atoms with Crippen LogP contribution in [0.5, 0.6) is 0 Å². The molecule has 1 unspecified atom stereocenters. The Balaban J connectivity index is 1.34. The van der Waals surface area contributed by atoms with Crippen molar-refractivity contribution in [2.75, 3.05) is 25.1 Å². The van der Waals surface area contributed by atoms with E-state index in [2.05, 4.69) is 10.6 Å². The molecule has 4 rings (SSSR count). The third-order valence-corrected chi connectivity index (χ3v) is 8.31. The maximum Gasteiger partial charge on any atom is 0.407 e. The number of amides is 3. The van der Waals surface area contributed by atoms with Gasteiger partial charge in [-0.05, 0) is 48.3 Å². The van der Waals surface area contributed by atoms with Gasteiger partial charge in [-0.25, -0.2) is 4.79 Å². The molecule has 1 aliphatic carbocycles. The maximum absolute atomic E-state index is 13.5. The van der Waals surface area contributed by atoms with E-state index in [-0.39, 0.29) is 30.8 Å². The largest absolute Gasteiger partial charge is 0.453 e. The number of methoxy groups -OCH3 is 1. The molecule has 1 fully saturated rings. The van der Waals surface area contributed by atoms with E-state index >= 15 is 0 Å². The number of rotatable bonds is 10. The van der Waals surface area contributed by atoms with Crippen LogP contribution in [0.4, 0.5) is 10.5 Å². The molecule has 1 heterocycles. The summed E-state index contributed by atoms with van der Waals surface area (Å²) >= 11 is 0. The average Bonchev–Trinajstić information content (AvgIpc) is 2.90. The molecule has 5 N–H and O–H groups in total. The Labute approximate surface area is 236 Å². The van der Waals surface area contributed by atoms with E-state index < -0.39 is 29.1 Å². The Morgan fingerprint density at radius 2 is 1.80 bits per heavy atom. The fraction of sp³-hybridized carbons (Fsp3) is 0.516. The summed E-state index contributed by atoms with van der Waals surface area (Å²) in [5.74, 6) is -0.164. The van der Waals surface area contributed by atoms with Crippen LogP contribution in [0.3, 0.4) is 0 Å². The van der Waals surface area contributed by atoms with Gasteiger partial charge in [0.05, 0.1) is 24.7 Å². The molecular formula is C31H42N4O5. The van der Waals surface area contributed by atoms with Gasteiger partial charge >= 0.3 is 6.09 Å². The van der Waals surface area contributed by atoms with Gasteiger partial charge in [-0.1, -0.05) is 68.8 Å². The van der Waals surface area contributed by atoms with E-state index in [1.807, 2.05) is 68.4 Å². The molecule has 40 heavy (non-hydrogen) atoms. The number of nitrogens with zero attached hydrogens (tertiary/aromatic N) is 1. The second kappa shape index (κ2) is 12.4. The minimum absolute atomic E-state index is 0.0546. The number of anilines is 1. The van der Waals surface area contributed by atoms with Crippen LogP contribution in [0.15, 0.2) is 54.6 Å². The van der Waals surface area contributed by atoms with E-state index in [0.717, 1.165) is 36.1 Å². The fourth-order valence-corrected chi connectivity index (χ4v) is 5.96. The first kappa shape index (κ1) is 29.6. The normalized spacial score (nSPS) is 19.4. The predicted molar refractivity (Wildman–Crippen MR) is 154 cm³/mol. The summed E-state index contributed by atoms with van der Waals surface area (Å²) in [6, 6.07) is 16.6. The summed E-state index contributed by atoms with van der Waals surface area (Å²) in [5.41, 5.74) is 8.15. The first-order valence-electron chi connectivity index (χ1n) is 14.0. The van der Waals surface area contributed by atoms with Crippen molar-refractivity contribution < 1.29 is 24.2 Å². The Morgan fingerprint density at radius 3 is 2.45 bits per heavy atom. The Kier molecular flexibility index (Phi) is 9.15. The van der Waals surface area contributed by atoms with Crippen molar-refractivity contribution in [1.82, 2.24) is 10.6 Å². The van der Waals surface area contributed by atoms with Gasteiger partial charge in [0.1, 0.15) is 0 Å². The van der Waals surface area contributed by atoms with Gasteiger partial charge in [0.15, 0.2) is 0 Å². The summed E-state index contributed by atoms with van der Waals surface area (Å²) in [6.07, 6.45) is 2.29. The van der Waals surface area contributed by atoms with Crippen LogP contribution in [0, 0.1) is 5.41 Å². The predicted octanol–water partition coefficient (Wildman–Crippen LogP) is 3.03. The van der Waals surface area contributed by atoms with Gasteiger partial charge in [-0.15, -0.1) is 0 Å². The average molecular weight is 551 g/mol. The highest BCUT2D eigenvalue weighted by Gasteiger charge is 2.45. The van der Waals surface area contributed by atoms with E-state index in [9.17, 15) is 19.5 Å². The third-order valence-electron chi connectivity index (χ3n) is 8.31. The number of alkyl carbamates (subject to hydrolysis) is 1. The summed E-state index contributed by atoms with van der Waals surface area (Å²) in [7, 11) is 1.31. The fourth-order valence-electron chi connectivity index (χ4n) is 5.96. The lowest BCUT2D eigenvalue weighted by Gasteiger charge is -2.41. The summed E-state index contributed by atoms with van der Waals surface area (Å²) in [6.45, 7) is 4.30. The zero-order valence-corrected chi connectivity index (χ0v) is 23.7. The van der Waals surface area contributed by atoms with Crippen LogP contribution in [0.1, 0.15) is 57.1 Å². The lowest BCUT2D eigenvalue weighted by Crippen LogP contribution is -2.53. The van der Waals surface area contributed by atoms with Crippen molar-refractivity contribution in [3.05, 3.63) is 65.7 Å². The molecule has 1 aliphatic heterocycles. The molecule has 3 amide bonds. The topological polar surface area (TPSA) is 134 Å². The number of nitrogens with two attached hydrogens (primary N) is 1. The summed E-state index contributed by atoms with van der Waals surface area (Å²) in [4.78, 5) is 40.2. The maximum atomic E-state index is 13.5. The standard InChI is InChI=1S/C31H42N4O5/c1-30(2,18-27(37)35-20-23(34-29(39)40-3)16-21-10-7-8-13-25(21)35)17-24(32)26(36)19-33-28(38)31(14-9-15-31)22-11-5-4-6-12-22/h4-8,10-13,23-24,26,36H,9,14-20,32H2,1-3H3,(H,33,38)(H,34,39)/t23?,24-,26-/m0/s1. The number of carbonyl (C=O) groups excluding carboxylic acids is 3. The van der Waals surface area contributed by atoms with E-state index in [1.165, 1.54) is 7.11 Å². The number of ether oxygens (including phenoxy) is 1. The molecule has 216 valence electrons. The molecule has 2 aliphatic rings. The van der Waals surface area contributed by atoms with Crippen molar-refractivity contribution in [3.63, 3.8) is 0 Å². The molecule has 0 radical (unpaired) electrons.